The predicted molar refractivity (Wildman–Crippen MR) is 106 cm³/mol. The van der Waals surface area contributed by atoms with Gasteiger partial charge in [-0.05, 0) is 56.5 Å². The van der Waals surface area contributed by atoms with Crippen molar-refractivity contribution >= 4 is 11.5 Å². The summed E-state index contributed by atoms with van der Waals surface area (Å²) in [5.74, 6) is 0.984. The lowest BCUT2D eigenvalue weighted by Gasteiger charge is -2.38. The molecule has 1 aliphatic rings. The molecule has 0 unspecified atom stereocenters. The van der Waals surface area contributed by atoms with Crippen molar-refractivity contribution in [1.82, 2.24) is 0 Å². The summed E-state index contributed by atoms with van der Waals surface area (Å²) in [6.07, 6.45) is 1.50. The number of ketones is 1. The van der Waals surface area contributed by atoms with Gasteiger partial charge >= 0.3 is 0 Å². The zero-order valence-electron chi connectivity index (χ0n) is 16.1. The SMILES string of the molecule is COc1cc(C(C)=O)ccc1OC[C@H](O)CN1c2ccccc2CC[C@@H]1C. The maximum absolute atomic E-state index is 11.5. The third-order valence-electron chi connectivity index (χ3n) is 5.07. The van der Waals surface area contributed by atoms with Gasteiger partial charge in [0.15, 0.2) is 17.3 Å². The van der Waals surface area contributed by atoms with Crippen molar-refractivity contribution in [2.75, 3.05) is 25.2 Å². The van der Waals surface area contributed by atoms with E-state index in [1.54, 1.807) is 18.2 Å². The van der Waals surface area contributed by atoms with E-state index in [-0.39, 0.29) is 12.4 Å². The van der Waals surface area contributed by atoms with Crippen molar-refractivity contribution in [2.45, 2.75) is 38.8 Å². The second kappa shape index (κ2) is 8.44. The number of benzene rings is 2. The molecule has 1 heterocycles. The molecule has 3 rings (SSSR count). The number of carbonyl (C=O) groups excluding carboxylic acids is 1. The van der Waals surface area contributed by atoms with Crippen LogP contribution in [-0.4, -0.2) is 43.3 Å². The molecule has 0 amide bonds. The molecule has 0 saturated heterocycles. The quantitative estimate of drug-likeness (QED) is 0.757. The van der Waals surface area contributed by atoms with E-state index in [0.29, 0.717) is 29.6 Å². The molecule has 5 nitrogen and oxygen atoms in total. The highest BCUT2D eigenvalue weighted by Crippen LogP contribution is 2.31. The van der Waals surface area contributed by atoms with Gasteiger partial charge in [-0.15, -0.1) is 0 Å². The Morgan fingerprint density at radius 1 is 1.26 bits per heavy atom. The number of aryl methyl sites for hydroxylation is 1. The van der Waals surface area contributed by atoms with Crippen LogP contribution in [0.2, 0.25) is 0 Å². The summed E-state index contributed by atoms with van der Waals surface area (Å²) in [4.78, 5) is 13.8. The summed E-state index contributed by atoms with van der Waals surface area (Å²) in [7, 11) is 1.54. The molecule has 0 aliphatic carbocycles. The van der Waals surface area contributed by atoms with Crippen molar-refractivity contribution in [3.8, 4) is 11.5 Å². The third kappa shape index (κ3) is 4.42. The van der Waals surface area contributed by atoms with Gasteiger partial charge in [0, 0.05) is 23.8 Å². The standard InChI is InChI=1S/C22H27NO4/c1-15-8-9-17-6-4-5-7-20(17)23(15)13-19(25)14-27-21-11-10-18(16(2)24)12-22(21)26-3/h4-7,10-12,15,19,25H,8-9,13-14H2,1-3H3/t15-,19+/m0/s1. The maximum atomic E-state index is 11.5. The number of anilines is 1. The van der Waals surface area contributed by atoms with Gasteiger partial charge in [-0.1, -0.05) is 18.2 Å². The van der Waals surface area contributed by atoms with E-state index in [1.807, 2.05) is 6.07 Å². The molecule has 27 heavy (non-hydrogen) atoms. The number of para-hydroxylation sites is 1. The van der Waals surface area contributed by atoms with Crippen molar-refractivity contribution in [3.05, 3.63) is 53.6 Å². The number of β-amino-alcohol motifs (C(OH)–C–C–N with tert-alkyl or cyclic N) is 1. The van der Waals surface area contributed by atoms with Crippen molar-refractivity contribution in [1.29, 1.82) is 0 Å². The molecule has 0 bridgehead atoms. The van der Waals surface area contributed by atoms with Gasteiger partial charge in [0.05, 0.1) is 7.11 Å². The lowest BCUT2D eigenvalue weighted by atomic mass is 9.96. The van der Waals surface area contributed by atoms with Crippen LogP contribution in [0.3, 0.4) is 0 Å². The fourth-order valence-corrected chi connectivity index (χ4v) is 3.51. The second-order valence-corrected chi connectivity index (χ2v) is 7.06. The molecular weight excluding hydrogens is 342 g/mol. The molecule has 2 atom stereocenters. The first kappa shape index (κ1) is 19.2. The highest BCUT2D eigenvalue weighted by molar-refractivity contribution is 5.94. The zero-order chi connectivity index (χ0) is 19.4. The van der Waals surface area contributed by atoms with Crippen LogP contribution in [0.15, 0.2) is 42.5 Å². The smallest absolute Gasteiger partial charge is 0.161 e. The minimum absolute atomic E-state index is 0.0300. The molecule has 2 aromatic carbocycles. The normalized spacial score (nSPS) is 17.2. The Labute approximate surface area is 160 Å². The summed E-state index contributed by atoms with van der Waals surface area (Å²) >= 11 is 0. The molecule has 0 radical (unpaired) electrons. The van der Waals surface area contributed by atoms with Crippen LogP contribution in [0.1, 0.15) is 36.2 Å². The average molecular weight is 369 g/mol. The van der Waals surface area contributed by atoms with Gasteiger partial charge in [0.25, 0.3) is 0 Å². The van der Waals surface area contributed by atoms with E-state index in [2.05, 4.69) is 30.0 Å². The molecule has 0 saturated carbocycles. The van der Waals surface area contributed by atoms with Gasteiger partial charge < -0.3 is 19.5 Å². The monoisotopic (exact) mass is 369 g/mol. The van der Waals surface area contributed by atoms with Crippen LogP contribution >= 0.6 is 0 Å². The lowest BCUT2D eigenvalue weighted by molar-refractivity contribution is 0.101. The Bertz CT molecular complexity index is 805. The highest BCUT2D eigenvalue weighted by atomic mass is 16.5. The molecule has 0 fully saturated rings. The van der Waals surface area contributed by atoms with E-state index < -0.39 is 6.10 Å². The number of hydrogen-bond acceptors (Lipinski definition) is 5. The van der Waals surface area contributed by atoms with E-state index in [1.165, 1.54) is 25.3 Å². The highest BCUT2D eigenvalue weighted by Gasteiger charge is 2.25. The number of methoxy groups -OCH3 is 1. The topological polar surface area (TPSA) is 59.0 Å². The van der Waals surface area contributed by atoms with Crippen molar-refractivity contribution < 1.29 is 19.4 Å². The van der Waals surface area contributed by atoms with E-state index in [9.17, 15) is 9.90 Å². The summed E-state index contributed by atoms with van der Waals surface area (Å²) in [5.41, 5.74) is 3.09. The molecule has 0 aromatic heterocycles. The maximum Gasteiger partial charge on any atom is 0.161 e. The van der Waals surface area contributed by atoms with Gasteiger partial charge in [-0.2, -0.15) is 0 Å². The lowest BCUT2D eigenvalue weighted by Crippen LogP contribution is -2.43. The molecule has 0 spiro atoms. The number of rotatable bonds is 7. The Morgan fingerprint density at radius 3 is 2.78 bits per heavy atom. The van der Waals surface area contributed by atoms with Gasteiger partial charge in [0.2, 0.25) is 0 Å². The molecule has 2 aromatic rings. The zero-order valence-corrected chi connectivity index (χ0v) is 16.1. The minimum Gasteiger partial charge on any atom is -0.493 e. The summed E-state index contributed by atoms with van der Waals surface area (Å²) in [6.45, 7) is 4.36. The van der Waals surface area contributed by atoms with Gasteiger partial charge in [0.1, 0.15) is 12.7 Å². The summed E-state index contributed by atoms with van der Waals surface area (Å²) in [5, 5.41) is 10.6. The average Bonchev–Trinajstić information content (AvgIpc) is 2.68. The number of Topliss-reactive ketones (excluding diaryl/α,β-unsaturated/α-hetero) is 1. The van der Waals surface area contributed by atoms with Gasteiger partial charge in [-0.25, -0.2) is 0 Å². The molecule has 1 N–H and O–H groups in total. The Hall–Kier alpha value is -2.53. The van der Waals surface area contributed by atoms with Crippen LogP contribution in [0, 0.1) is 0 Å². The van der Waals surface area contributed by atoms with Crippen LogP contribution < -0.4 is 14.4 Å². The number of carbonyl (C=O) groups is 1. The Kier molecular flexibility index (Phi) is 6.01. The predicted octanol–water partition coefficient (Wildman–Crippen LogP) is 3.48. The van der Waals surface area contributed by atoms with E-state index >= 15 is 0 Å². The number of hydrogen-bond donors (Lipinski definition) is 1. The Morgan fingerprint density at radius 2 is 2.04 bits per heavy atom. The second-order valence-electron chi connectivity index (χ2n) is 7.06. The first-order valence-corrected chi connectivity index (χ1v) is 9.34. The van der Waals surface area contributed by atoms with Crippen molar-refractivity contribution in [2.24, 2.45) is 0 Å². The number of aliphatic hydroxyl groups is 1. The first-order valence-electron chi connectivity index (χ1n) is 9.34. The molecule has 1 aliphatic heterocycles. The number of aliphatic hydroxyl groups excluding tert-OH is 1. The largest absolute Gasteiger partial charge is 0.493 e. The minimum atomic E-state index is -0.643. The van der Waals surface area contributed by atoms with Crippen molar-refractivity contribution in [3.63, 3.8) is 0 Å². The number of ether oxygens (including phenoxy) is 2. The first-order chi connectivity index (χ1) is 13.0. The summed E-state index contributed by atoms with van der Waals surface area (Å²) < 4.78 is 11.1. The van der Waals surface area contributed by atoms with Crippen LogP contribution in [-0.2, 0) is 6.42 Å². The fourth-order valence-electron chi connectivity index (χ4n) is 3.51. The fraction of sp³-hybridized carbons (Fsp3) is 0.409. The Balaban J connectivity index is 1.65. The molecule has 5 heteroatoms. The number of nitrogens with zero attached hydrogens (tertiary/aromatic N) is 1. The summed E-state index contributed by atoms with van der Waals surface area (Å²) in [6, 6.07) is 13.8. The van der Waals surface area contributed by atoms with Crippen LogP contribution in [0.25, 0.3) is 0 Å². The molecular formula is C22H27NO4. The third-order valence-corrected chi connectivity index (χ3v) is 5.07. The van der Waals surface area contributed by atoms with Gasteiger partial charge in [-0.3, -0.25) is 4.79 Å². The van der Waals surface area contributed by atoms with Crippen LogP contribution in [0.4, 0.5) is 5.69 Å². The van der Waals surface area contributed by atoms with E-state index in [4.69, 9.17) is 9.47 Å². The number of fused-ring (bicyclic) bond motifs is 1. The molecule has 144 valence electrons. The van der Waals surface area contributed by atoms with Crippen LogP contribution in [0.5, 0.6) is 11.5 Å². The van der Waals surface area contributed by atoms with E-state index in [0.717, 1.165) is 12.8 Å².